The first-order valence-electron chi connectivity index (χ1n) is 8.92. The first-order valence-corrected chi connectivity index (χ1v) is 8.92. The van der Waals surface area contributed by atoms with Crippen molar-refractivity contribution in [3.63, 3.8) is 0 Å². The van der Waals surface area contributed by atoms with Crippen LogP contribution >= 0.6 is 0 Å². The zero-order valence-electron chi connectivity index (χ0n) is 17.1. The monoisotopic (exact) mass is 378 g/mol. The van der Waals surface area contributed by atoms with E-state index in [4.69, 9.17) is 18.9 Å². The summed E-state index contributed by atoms with van der Waals surface area (Å²) in [4.78, 5) is 23.1. The maximum absolute atomic E-state index is 12.0. The first kappa shape index (κ1) is 22.5. The summed E-state index contributed by atoms with van der Waals surface area (Å²) in [6.45, 7) is 12.9. The number of methoxy groups -OCH3 is 1. The summed E-state index contributed by atoms with van der Waals surface area (Å²) in [5.41, 5.74) is 0.895. The number of ether oxygens (including phenoxy) is 4. The van der Waals surface area contributed by atoms with E-state index in [0.29, 0.717) is 18.1 Å². The van der Waals surface area contributed by atoms with Crippen LogP contribution in [-0.2, 0) is 19.1 Å². The number of rotatable bonds is 10. The Balaban J connectivity index is 3.25. The van der Waals surface area contributed by atoms with Crippen molar-refractivity contribution in [1.82, 2.24) is 0 Å². The van der Waals surface area contributed by atoms with E-state index in [-0.39, 0.29) is 30.9 Å². The number of benzene rings is 1. The van der Waals surface area contributed by atoms with Crippen LogP contribution < -0.4 is 9.47 Å². The van der Waals surface area contributed by atoms with Gasteiger partial charge < -0.3 is 18.9 Å². The lowest BCUT2D eigenvalue weighted by molar-refractivity contribution is -0.146. The van der Waals surface area contributed by atoms with E-state index in [1.54, 1.807) is 20.1 Å². The second kappa shape index (κ2) is 10.00. The molecule has 0 N–H and O–H groups in total. The van der Waals surface area contributed by atoms with Crippen molar-refractivity contribution in [2.75, 3.05) is 20.3 Å². The van der Waals surface area contributed by atoms with Gasteiger partial charge in [-0.15, -0.1) is 6.58 Å². The third-order valence-electron chi connectivity index (χ3n) is 3.91. The van der Waals surface area contributed by atoms with Gasteiger partial charge in [-0.25, -0.2) is 0 Å². The van der Waals surface area contributed by atoms with Gasteiger partial charge >= 0.3 is 11.9 Å². The summed E-state index contributed by atoms with van der Waals surface area (Å²) in [5, 5.41) is 0. The van der Waals surface area contributed by atoms with Gasteiger partial charge in [0.2, 0.25) is 0 Å². The number of hydrogen-bond donors (Lipinski definition) is 0. The minimum atomic E-state index is -0.753. The summed E-state index contributed by atoms with van der Waals surface area (Å²) < 4.78 is 21.7. The maximum Gasteiger partial charge on any atom is 0.306 e. The highest BCUT2D eigenvalue weighted by atomic mass is 16.6. The maximum atomic E-state index is 12.0. The van der Waals surface area contributed by atoms with Crippen molar-refractivity contribution in [3.05, 3.63) is 35.9 Å². The molecule has 1 aromatic rings. The molecule has 0 fully saturated rings. The predicted molar refractivity (Wildman–Crippen MR) is 103 cm³/mol. The molecule has 1 aromatic carbocycles. The number of aryl methyl sites for hydroxylation is 1. The number of carbonyl (C=O) groups is 2. The second-order valence-electron chi connectivity index (χ2n) is 6.85. The average Bonchev–Trinajstić information content (AvgIpc) is 2.58. The van der Waals surface area contributed by atoms with Gasteiger partial charge in [0.1, 0.15) is 23.7 Å². The lowest BCUT2D eigenvalue weighted by Crippen LogP contribution is -2.35. The van der Waals surface area contributed by atoms with E-state index >= 15 is 0 Å². The van der Waals surface area contributed by atoms with Crippen LogP contribution in [0.5, 0.6) is 11.5 Å². The molecule has 0 radical (unpaired) electrons. The molecular weight excluding hydrogens is 348 g/mol. The quantitative estimate of drug-likeness (QED) is 0.453. The Labute approximate surface area is 161 Å². The van der Waals surface area contributed by atoms with E-state index in [2.05, 4.69) is 6.58 Å². The Bertz CT molecular complexity index is 677. The highest BCUT2D eigenvalue weighted by molar-refractivity contribution is 5.71. The standard InChI is InChI=1S/C21H30O6/c1-8-16(11-20(23)25-9-2)17-12-18(24-7)14(3)10-19(17)27-21(5,6)13-26-15(4)22/h8,10,12,16H,1,9,11,13H2,2-7H3. The van der Waals surface area contributed by atoms with Crippen LogP contribution in [0.25, 0.3) is 0 Å². The molecule has 0 spiro atoms. The summed E-state index contributed by atoms with van der Waals surface area (Å²) in [6, 6.07) is 3.70. The van der Waals surface area contributed by atoms with E-state index in [0.717, 1.165) is 11.1 Å². The van der Waals surface area contributed by atoms with E-state index in [1.165, 1.54) is 6.92 Å². The van der Waals surface area contributed by atoms with Crippen molar-refractivity contribution >= 4 is 11.9 Å². The van der Waals surface area contributed by atoms with E-state index < -0.39 is 5.60 Å². The zero-order chi connectivity index (χ0) is 20.6. The number of allylic oxidation sites excluding steroid dienone is 1. The fourth-order valence-corrected chi connectivity index (χ4v) is 2.60. The molecule has 0 aliphatic carbocycles. The minimum Gasteiger partial charge on any atom is -0.496 e. The highest BCUT2D eigenvalue weighted by Crippen LogP contribution is 2.37. The molecule has 0 saturated carbocycles. The summed E-state index contributed by atoms with van der Waals surface area (Å²) in [6.07, 6.45) is 1.83. The first-order chi connectivity index (χ1) is 12.6. The predicted octanol–water partition coefficient (Wildman–Crippen LogP) is 3.95. The van der Waals surface area contributed by atoms with Gasteiger partial charge in [0.15, 0.2) is 0 Å². The third-order valence-corrected chi connectivity index (χ3v) is 3.91. The number of carbonyl (C=O) groups excluding carboxylic acids is 2. The van der Waals surface area contributed by atoms with Gasteiger partial charge in [0.05, 0.1) is 20.1 Å². The highest BCUT2D eigenvalue weighted by Gasteiger charge is 2.26. The zero-order valence-corrected chi connectivity index (χ0v) is 17.1. The average molecular weight is 378 g/mol. The molecule has 1 atom stereocenters. The van der Waals surface area contributed by atoms with Crippen molar-refractivity contribution in [3.8, 4) is 11.5 Å². The lowest BCUT2D eigenvalue weighted by atomic mass is 9.93. The molecule has 0 aliphatic heterocycles. The molecule has 27 heavy (non-hydrogen) atoms. The Morgan fingerprint density at radius 1 is 1.22 bits per heavy atom. The van der Waals surface area contributed by atoms with Crippen LogP contribution in [0.2, 0.25) is 0 Å². The smallest absolute Gasteiger partial charge is 0.306 e. The third kappa shape index (κ3) is 6.96. The van der Waals surface area contributed by atoms with Gasteiger partial charge in [0.25, 0.3) is 0 Å². The number of hydrogen-bond acceptors (Lipinski definition) is 6. The van der Waals surface area contributed by atoms with Gasteiger partial charge in [-0.3, -0.25) is 9.59 Å². The Kier molecular flexibility index (Phi) is 8.34. The summed E-state index contributed by atoms with van der Waals surface area (Å²) in [7, 11) is 1.59. The van der Waals surface area contributed by atoms with E-state index in [9.17, 15) is 9.59 Å². The van der Waals surface area contributed by atoms with Crippen LogP contribution in [0.1, 0.15) is 51.2 Å². The summed E-state index contributed by atoms with van der Waals surface area (Å²) >= 11 is 0. The molecule has 150 valence electrons. The Morgan fingerprint density at radius 2 is 1.89 bits per heavy atom. The molecule has 0 saturated heterocycles. The van der Waals surface area contributed by atoms with Crippen molar-refractivity contribution in [2.45, 2.75) is 52.6 Å². The topological polar surface area (TPSA) is 71.1 Å². The molecule has 6 nitrogen and oxygen atoms in total. The van der Waals surface area contributed by atoms with Gasteiger partial charge in [-0.2, -0.15) is 0 Å². The normalized spacial score (nSPS) is 12.1. The molecule has 0 amide bonds. The van der Waals surface area contributed by atoms with Crippen LogP contribution in [-0.4, -0.2) is 37.9 Å². The van der Waals surface area contributed by atoms with Gasteiger partial charge in [0, 0.05) is 18.4 Å². The minimum absolute atomic E-state index is 0.101. The molecule has 1 rings (SSSR count). The van der Waals surface area contributed by atoms with Crippen LogP contribution in [0.4, 0.5) is 0 Å². The van der Waals surface area contributed by atoms with Crippen molar-refractivity contribution < 1.29 is 28.5 Å². The molecule has 0 aromatic heterocycles. The van der Waals surface area contributed by atoms with Gasteiger partial charge in [-0.1, -0.05) is 6.08 Å². The Morgan fingerprint density at radius 3 is 2.41 bits per heavy atom. The number of esters is 2. The second-order valence-corrected chi connectivity index (χ2v) is 6.85. The molecule has 0 aliphatic rings. The largest absolute Gasteiger partial charge is 0.496 e. The van der Waals surface area contributed by atoms with Crippen LogP contribution in [0.15, 0.2) is 24.8 Å². The molecule has 6 heteroatoms. The summed E-state index contributed by atoms with van der Waals surface area (Å²) in [5.74, 6) is 0.278. The molecule has 0 bridgehead atoms. The van der Waals surface area contributed by atoms with Gasteiger partial charge in [-0.05, 0) is 45.4 Å². The Hall–Kier alpha value is -2.50. The lowest BCUT2D eigenvalue weighted by Gasteiger charge is -2.29. The van der Waals surface area contributed by atoms with Crippen molar-refractivity contribution in [1.29, 1.82) is 0 Å². The molecular formula is C21H30O6. The SMILES string of the molecule is C=CC(CC(=O)OCC)c1cc(OC)c(C)cc1OC(C)(C)COC(C)=O. The van der Waals surface area contributed by atoms with Crippen molar-refractivity contribution in [2.24, 2.45) is 0 Å². The van der Waals surface area contributed by atoms with Crippen LogP contribution in [0, 0.1) is 6.92 Å². The fourth-order valence-electron chi connectivity index (χ4n) is 2.60. The van der Waals surface area contributed by atoms with Crippen LogP contribution in [0.3, 0.4) is 0 Å². The van der Waals surface area contributed by atoms with E-state index in [1.807, 2.05) is 32.9 Å². The molecule has 1 unspecified atom stereocenters. The fraction of sp³-hybridized carbons (Fsp3) is 0.524. The molecule has 0 heterocycles.